The maximum absolute atomic E-state index is 12.2. The van der Waals surface area contributed by atoms with Gasteiger partial charge in [0, 0.05) is 18.1 Å². The molecule has 1 N–H and O–H groups in total. The van der Waals surface area contributed by atoms with Crippen molar-refractivity contribution in [1.82, 2.24) is 10.2 Å². The molecule has 0 bridgehead atoms. The van der Waals surface area contributed by atoms with Crippen molar-refractivity contribution >= 4 is 11.8 Å². The normalized spacial score (nSPS) is 29.3. The fourth-order valence-corrected chi connectivity index (χ4v) is 3.26. The van der Waals surface area contributed by atoms with Gasteiger partial charge in [0.1, 0.15) is 0 Å². The van der Waals surface area contributed by atoms with Gasteiger partial charge < -0.3 is 10.2 Å². The van der Waals surface area contributed by atoms with E-state index in [1.54, 1.807) is 4.90 Å². The van der Waals surface area contributed by atoms with E-state index in [2.05, 4.69) is 5.32 Å². The van der Waals surface area contributed by atoms with Crippen molar-refractivity contribution in [2.75, 3.05) is 0 Å². The van der Waals surface area contributed by atoms with Crippen LogP contribution in [0.5, 0.6) is 0 Å². The fourth-order valence-electron chi connectivity index (χ4n) is 3.26. The number of rotatable bonds is 1. The van der Waals surface area contributed by atoms with Crippen LogP contribution in [0.3, 0.4) is 0 Å². The van der Waals surface area contributed by atoms with Gasteiger partial charge in [-0.3, -0.25) is 9.59 Å². The van der Waals surface area contributed by atoms with Gasteiger partial charge in [-0.25, -0.2) is 0 Å². The van der Waals surface area contributed by atoms with Crippen LogP contribution >= 0.6 is 0 Å². The van der Waals surface area contributed by atoms with Crippen LogP contribution < -0.4 is 5.32 Å². The maximum Gasteiger partial charge on any atom is 0.312 e. The Morgan fingerprint density at radius 2 is 1.50 bits per heavy atom. The van der Waals surface area contributed by atoms with Crippen LogP contribution in [-0.4, -0.2) is 34.8 Å². The van der Waals surface area contributed by atoms with E-state index < -0.39 is 5.91 Å². The highest BCUT2D eigenvalue weighted by Gasteiger charge is 2.33. The lowest BCUT2D eigenvalue weighted by atomic mass is 9.97. The molecule has 102 valence electrons. The molecule has 4 nitrogen and oxygen atoms in total. The van der Waals surface area contributed by atoms with Gasteiger partial charge in [0.2, 0.25) is 0 Å². The number of nitrogens with one attached hydrogen (secondary N) is 1. The molecule has 1 heterocycles. The minimum atomic E-state index is -0.400. The van der Waals surface area contributed by atoms with Gasteiger partial charge in [-0.15, -0.1) is 0 Å². The molecule has 18 heavy (non-hydrogen) atoms. The van der Waals surface area contributed by atoms with E-state index in [1.165, 1.54) is 0 Å². The van der Waals surface area contributed by atoms with E-state index >= 15 is 0 Å². The van der Waals surface area contributed by atoms with Crippen LogP contribution in [0, 0.1) is 0 Å². The molecule has 0 aromatic carbocycles. The summed E-state index contributed by atoms with van der Waals surface area (Å²) in [5, 5.41) is 2.89. The number of hydrogen-bond donors (Lipinski definition) is 1. The Bertz CT molecular complexity index is 314. The zero-order valence-electron chi connectivity index (χ0n) is 11.4. The van der Waals surface area contributed by atoms with Crippen molar-refractivity contribution in [2.24, 2.45) is 0 Å². The Morgan fingerprint density at radius 3 is 2.06 bits per heavy atom. The molecular weight excluding hydrogens is 228 g/mol. The highest BCUT2D eigenvalue weighted by atomic mass is 16.2. The number of piperidine rings is 1. The monoisotopic (exact) mass is 252 g/mol. The molecule has 0 aromatic rings. The number of likely N-dealkylation sites (tertiary alicyclic amines) is 1. The molecule has 2 unspecified atom stereocenters. The Labute approximate surface area is 109 Å². The lowest BCUT2D eigenvalue weighted by molar-refractivity contribution is -0.150. The molecule has 0 spiro atoms. The summed E-state index contributed by atoms with van der Waals surface area (Å²) in [5.74, 6) is -0.732. The Kier molecular flexibility index (Phi) is 4.25. The SMILES string of the molecule is CC1CCCC(C)N1C(=O)C(=O)NC1CCCC1. The van der Waals surface area contributed by atoms with E-state index in [0.29, 0.717) is 0 Å². The van der Waals surface area contributed by atoms with Gasteiger partial charge >= 0.3 is 11.8 Å². The summed E-state index contributed by atoms with van der Waals surface area (Å²) in [6.07, 6.45) is 7.52. The van der Waals surface area contributed by atoms with Crippen molar-refractivity contribution in [2.45, 2.75) is 76.9 Å². The Morgan fingerprint density at radius 1 is 0.944 bits per heavy atom. The highest BCUT2D eigenvalue weighted by molar-refractivity contribution is 6.35. The predicted octanol–water partition coefficient (Wildman–Crippen LogP) is 1.83. The van der Waals surface area contributed by atoms with Gasteiger partial charge in [0.15, 0.2) is 0 Å². The molecule has 1 saturated carbocycles. The molecule has 2 rings (SSSR count). The van der Waals surface area contributed by atoms with E-state index in [4.69, 9.17) is 0 Å². The quantitative estimate of drug-likeness (QED) is 0.724. The van der Waals surface area contributed by atoms with Gasteiger partial charge in [0.05, 0.1) is 0 Å². The summed E-state index contributed by atoms with van der Waals surface area (Å²) in [6, 6.07) is 0.600. The van der Waals surface area contributed by atoms with E-state index in [9.17, 15) is 9.59 Å². The van der Waals surface area contributed by atoms with Gasteiger partial charge in [-0.2, -0.15) is 0 Å². The summed E-state index contributed by atoms with van der Waals surface area (Å²) in [6.45, 7) is 4.08. The van der Waals surface area contributed by atoms with Gasteiger partial charge in [0.25, 0.3) is 0 Å². The standard InChI is InChI=1S/C14H24N2O2/c1-10-6-5-7-11(2)16(10)14(18)13(17)15-12-8-3-4-9-12/h10-12H,3-9H2,1-2H3,(H,15,17). The first-order valence-electron chi connectivity index (χ1n) is 7.22. The van der Waals surface area contributed by atoms with Crippen LogP contribution in [0.2, 0.25) is 0 Å². The average molecular weight is 252 g/mol. The number of amides is 2. The second kappa shape index (κ2) is 5.72. The molecule has 0 aromatic heterocycles. The molecule has 2 aliphatic rings. The molecule has 1 saturated heterocycles. The first-order chi connectivity index (χ1) is 8.59. The van der Waals surface area contributed by atoms with E-state index in [0.717, 1.165) is 44.9 Å². The van der Waals surface area contributed by atoms with Crippen LogP contribution in [0.4, 0.5) is 0 Å². The maximum atomic E-state index is 12.2. The predicted molar refractivity (Wildman–Crippen MR) is 70.0 cm³/mol. The molecule has 1 aliphatic carbocycles. The van der Waals surface area contributed by atoms with E-state index in [1.807, 2.05) is 13.8 Å². The van der Waals surface area contributed by atoms with Crippen molar-refractivity contribution < 1.29 is 9.59 Å². The molecule has 0 radical (unpaired) electrons. The highest BCUT2D eigenvalue weighted by Crippen LogP contribution is 2.23. The van der Waals surface area contributed by atoms with Gasteiger partial charge in [-0.05, 0) is 46.0 Å². The second-order valence-corrected chi connectivity index (χ2v) is 5.80. The summed E-state index contributed by atoms with van der Waals surface area (Å²) in [7, 11) is 0. The third-order valence-corrected chi connectivity index (χ3v) is 4.31. The summed E-state index contributed by atoms with van der Waals surface area (Å²) >= 11 is 0. The van der Waals surface area contributed by atoms with Crippen molar-refractivity contribution in [1.29, 1.82) is 0 Å². The smallest absolute Gasteiger partial charge is 0.312 e. The molecular formula is C14H24N2O2. The minimum absolute atomic E-state index is 0.190. The third-order valence-electron chi connectivity index (χ3n) is 4.31. The van der Waals surface area contributed by atoms with Crippen molar-refractivity contribution in [3.05, 3.63) is 0 Å². The van der Waals surface area contributed by atoms with Crippen LogP contribution in [0.15, 0.2) is 0 Å². The largest absolute Gasteiger partial charge is 0.345 e. The first kappa shape index (κ1) is 13.4. The van der Waals surface area contributed by atoms with Crippen LogP contribution in [0.25, 0.3) is 0 Å². The summed E-state index contributed by atoms with van der Waals surface area (Å²) < 4.78 is 0. The lowest BCUT2D eigenvalue weighted by Crippen LogP contribution is -2.53. The third kappa shape index (κ3) is 2.85. The molecule has 1 aliphatic heterocycles. The first-order valence-corrected chi connectivity index (χ1v) is 7.22. The zero-order chi connectivity index (χ0) is 13.1. The minimum Gasteiger partial charge on any atom is -0.345 e. The van der Waals surface area contributed by atoms with Gasteiger partial charge in [-0.1, -0.05) is 12.8 Å². The average Bonchev–Trinajstić information content (AvgIpc) is 2.81. The Hall–Kier alpha value is -1.06. The van der Waals surface area contributed by atoms with Crippen LogP contribution in [0.1, 0.15) is 58.8 Å². The number of carbonyl (C=O) groups excluding carboxylic acids is 2. The Balaban J connectivity index is 1.93. The molecule has 2 fully saturated rings. The van der Waals surface area contributed by atoms with Crippen LogP contribution in [-0.2, 0) is 9.59 Å². The topological polar surface area (TPSA) is 49.4 Å². The van der Waals surface area contributed by atoms with E-state index in [-0.39, 0.29) is 24.0 Å². The second-order valence-electron chi connectivity index (χ2n) is 5.80. The number of nitrogens with zero attached hydrogens (tertiary/aromatic N) is 1. The fraction of sp³-hybridized carbons (Fsp3) is 0.857. The summed E-state index contributed by atoms with van der Waals surface area (Å²) in [4.78, 5) is 26.0. The van der Waals surface area contributed by atoms with Crippen molar-refractivity contribution in [3.8, 4) is 0 Å². The molecule has 2 atom stereocenters. The molecule has 4 heteroatoms. The number of hydrogen-bond acceptors (Lipinski definition) is 2. The number of carbonyl (C=O) groups is 2. The summed E-state index contributed by atoms with van der Waals surface area (Å²) in [5.41, 5.74) is 0. The van der Waals surface area contributed by atoms with Crippen molar-refractivity contribution in [3.63, 3.8) is 0 Å². The zero-order valence-corrected chi connectivity index (χ0v) is 11.4. The lowest BCUT2D eigenvalue weighted by Gasteiger charge is -2.38. The molecule has 2 amide bonds.